The molecule has 3 rings (SSSR count). The van der Waals surface area contributed by atoms with Crippen LogP contribution in [-0.2, 0) is 11.3 Å². The smallest absolute Gasteiger partial charge is 0.253 e. The van der Waals surface area contributed by atoms with Crippen molar-refractivity contribution in [3.8, 4) is 0 Å². The predicted molar refractivity (Wildman–Crippen MR) is 115 cm³/mol. The third kappa shape index (κ3) is 5.13. The zero-order valence-corrected chi connectivity index (χ0v) is 17.9. The van der Waals surface area contributed by atoms with Gasteiger partial charge in [0.25, 0.3) is 5.91 Å². The SMILES string of the molecule is CN(C)c1ccc(C(=O)N2CCC(C(=O)NCc3ccc(Br)cc3)CC2)cc1. The number of hydrogen-bond donors (Lipinski definition) is 1. The summed E-state index contributed by atoms with van der Waals surface area (Å²) in [6, 6.07) is 15.6. The van der Waals surface area contributed by atoms with E-state index in [-0.39, 0.29) is 17.7 Å². The van der Waals surface area contributed by atoms with Crippen LogP contribution in [0.5, 0.6) is 0 Å². The molecule has 5 nitrogen and oxygen atoms in total. The Bertz CT molecular complexity index is 811. The van der Waals surface area contributed by atoms with Gasteiger partial charge in [0.2, 0.25) is 5.91 Å². The summed E-state index contributed by atoms with van der Waals surface area (Å²) in [6.45, 7) is 1.76. The number of amides is 2. The Balaban J connectivity index is 1.48. The molecule has 0 spiro atoms. The monoisotopic (exact) mass is 443 g/mol. The Kier molecular flexibility index (Phi) is 6.73. The van der Waals surface area contributed by atoms with E-state index in [1.807, 2.05) is 72.4 Å². The molecule has 1 fully saturated rings. The molecule has 0 aliphatic carbocycles. The van der Waals surface area contributed by atoms with E-state index in [9.17, 15) is 9.59 Å². The Morgan fingerprint density at radius 3 is 2.21 bits per heavy atom. The van der Waals surface area contributed by atoms with Gasteiger partial charge >= 0.3 is 0 Å². The summed E-state index contributed by atoms with van der Waals surface area (Å²) >= 11 is 3.41. The number of carbonyl (C=O) groups excluding carboxylic acids is 2. The second kappa shape index (κ2) is 9.24. The molecule has 0 radical (unpaired) electrons. The van der Waals surface area contributed by atoms with Gasteiger partial charge in [-0.1, -0.05) is 28.1 Å². The van der Waals surface area contributed by atoms with Gasteiger partial charge in [-0.3, -0.25) is 9.59 Å². The summed E-state index contributed by atoms with van der Waals surface area (Å²) in [5.41, 5.74) is 2.84. The van der Waals surface area contributed by atoms with Gasteiger partial charge in [-0.15, -0.1) is 0 Å². The van der Waals surface area contributed by atoms with E-state index >= 15 is 0 Å². The number of likely N-dealkylation sites (tertiary alicyclic amines) is 1. The molecule has 28 heavy (non-hydrogen) atoms. The second-order valence-electron chi connectivity index (χ2n) is 7.35. The molecule has 1 aliphatic heterocycles. The number of benzene rings is 2. The highest BCUT2D eigenvalue weighted by Gasteiger charge is 2.27. The lowest BCUT2D eigenvalue weighted by atomic mass is 9.95. The molecule has 0 saturated carbocycles. The van der Waals surface area contributed by atoms with Crippen molar-refractivity contribution in [2.45, 2.75) is 19.4 Å². The number of carbonyl (C=O) groups is 2. The van der Waals surface area contributed by atoms with Crippen molar-refractivity contribution in [1.29, 1.82) is 0 Å². The summed E-state index contributed by atoms with van der Waals surface area (Å²) < 4.78 is 1.02. The molecule has 0 aromatic heterocycles. The zero-order chi connectivity index (χ0) is 20.1. The highest BCUT2D eigenvalue weighted by molar-refractivity contribution is 9.10. The molecule has 2 aromatic rings. The normalized spacial score (nSPS) is 14.6. The van der Waals surface area contributed by atoms with Gasteiger partial charge < -0.3 is 15.1 Å². The van der Waals surface area contributed by atoms with Crippen molar-refractivity contribution < 1.29 is 9.59 Å². The first-order valence-electron chi connectivity index (χ1n) is 9.53. The molecule has 148 valence electrons. The number of nitrogens with one attached hydrogen (secondary N) is 1. The molecule has 1 aliphatic rings. The van der Waals surface area contributed by atoms with Crippen LogP contribution >= 0.6 is 15.9 Å². The lowest BCUT2D eigenvalue weighted by Crippen LogP contribution is -2.42. The average molecular weight is 444 g/mol. The van der Waals surface area contributed by atoms with E-state index in [1.54, 1.807) is 0 Å². The number of hydrogen-bond acceptors (Lipinski definition) is 3. The number of piperidine rings is 1. The van der Waals surface area contributed by atoms with Crippen molar-refractivity contribution in [2.75, 3.05) is 32.1 Å². The minimum Gasteiger partial charge on any atom is -0.378 e. The topological polar surface area (TPSA) is 52.7 Å². The molecule has 1 heterocycles. The van der Waals surface area contributed by atoms with Gasteiger partial charge in [-0.05, 0) is 54.8 Å². The predicted octanol–water partition coefficient (Wildman–Crippen LogP) is 3.68. The van der Waals surface area contributed by atoms with Gasteiger partial charge in [0, 0.05) is 55.4 Å². The maximum absolute atomic E-state index is 12.7. The van der Waals surface area contributed by atoms with Crippen LogP contribution in [0.4, 0.5) is 5.69 Å². The quantitative estimate of drug-likeness (QED) is 0.766. The lowest BCUT2D eigenvalue weighted by Gasteiger charge is -2.31. The van der Waals surface area contributed by atoms with Gasteiger partial charge in [0.05, 0.1) is 0 Å². The molecule has 0 unspecified atom stereocenters. The Morgan fingerprint density at radius 2 is 1.64 bits per heavy atom. The number of anilines is 1. The zero-order valence-electron chi connectivity index (χ0n) is 16.3. The molecule has 2 aromatic carbocycles. The highest BCUT2D eigenvalue weighted by atomic mass is 79.9. The highest BCUT2D eigenvalue weighted by Crippen LogP contribution is 2.21. The van der Waals surface area contributed by atoms with Crippen LogP contribution < -0.4 is 10.2 Å². The third-order valence-corrected chi connectivity index (χ3v) is 5.69. The minimum absolute atomic E-state index is 0.0318. The Morgan fingerprint density at radius 1 is 1.04 bits per heavy atom. The first-order valence-corrected chi connectivity index (χ1v) is 10.3. The maximum atomic E-state index is 12.7. The van der Waals surface area contributed by atoms with Crippen LogP contribution in [0.25, 0.3) is 0 Å². The second-order valence-corrected chi connectivity index (χ2v) is 8.27. The van der Waals surface area contributed by atoms with Gasteiger partial charge in [-0.25, -0.2) is 0 Å². The molecule has 6 heteroatoms. The van der Waals surface area contributed by atoms with Crippen molar-refractivity contribution in [2.24, 2.45) is 5.92 Å². The Labute approximate surface area is 174 Å². The lowest BCUT2D eigenvalue weighted by molar-refractivity contribution is -0.126. The standard InChI is InChI=1S/C22H26BrN3O2/c1-25(2)20-9-5-18(6-10-20)22(28)26-13-11-17(12-14-26)21(27)24-15-16-3-7-19(23)8-4-16/h3-10,17H,11-15H2,1-2H3,(H,24,27). The van der Waals surface area contributed by atoms with E-state index in [0.717, 1.165) is 15.7 Å². The van der Waals surface area contributed by atoms with Gasteiger partial charge in [0.1, 0.15) is 0 Å². The van der Waals surface area contributed by atoms with E-state index in [4.69, 9.17) is 0 Å². The molecule has 0 atom stereocenters. The van der Waals surface area contributed by atoms with Crippen LogP contribution in [0.2, 0.25) is 0 Å². The van der Waals surface area contributed by atoms with Crippen LogP contribution in [0.3, 0.4) is 0 Å². The summed E-state index contributed by atoms with van der Waals surface area (Å²) in [5, 5.41) is 3.02. The molecule has 1 saturated heterocycles. The van der Waals surface area contributed by atoms with Crippen LogP contribution in [-0.4, -0.2) is 43.9 Å². The maximum Gasteiger partial charge on any atom is 0.253 e. The summed E-state index contributed by atoms with van der Waals surface area (Å²) in [4.78, 5) is 29.0. The summed E-state index contributed by atoms with van der Waals surface area (Å²) in [5.74, 6) is 0.0833. The largest absolute Gasteiger partial charge is 0.378 e. The van der Waals surface area contributed by atoms with Crippen molar-refractivity contribution in [1.82, 2.24) is 10.2 Å². The average Bonchev–Trinajstić information content (AvgIpc) is 2.73. The van der Waals surface area contributed by atoms with Gasteiger partial charge in [0.15, 0.2) is 0 Å². The summed E-state index contributed by atoms with van der Waals surface area (Å²) in [7, 11) is 3.95. The summed E-state index contributed by atoms with van der Waals surface area (Å²) in [6.07, 6.45) is 1.40. The van der Waals surface area contributed by atoms with Crippen LogP contribution in [0.1, 0.15) is 28.8 Å². The molecule has 0 bridgehead atoms. The van der Waals surface area contributed by atoms with E-state index in [1.165, 1.54) is 0 Å². The fraction of sp³-hybridized carbons (Fsp3) is 0.364. The molecule has 2 amide bonds. The number of nitrogens with zero attached hydrogens (tertiary/aromatic N) is 2. The fourth-order valence-corrected chi connectivity index (χ4v) is 3.63. The van der Waals surface area contributed by atoms with Crippen LogP contribution in [0.15, 0.2) is 53.0 Å². The number of halogens is 1. The van der Waals surface area contributed by atoms with Crippen molar-refractivity contribution in [3.63, 3.8) is 0 Å². The Hall–Kier alpha value is -2.34. The van der Waals surface area contributed by atoms with Gasteiger partial charge in [-0.2, -0.15) is 0 Å². The van der Waals surface area contributed by atoms with E-state index in [0.29, 0.717) is 38.0 Å². The van der Waals surface area contributed by atoms with Crippen molar-refractivity contribution >= 4 is 33.4 Å². The van der Waals surface area contributed by atoms with E-state index in [2.05, 4.69) is 21.2 Å². The fourth-order valence-electron chi connectivity index (χ4n) is 3.37. The molecular formula is C22H26BrN3O2. The van der Waals surface area contributed by atoms with Crippen LogP contribution in [0, 0.1) is 5.92 Å². The third-order valence-electron chi connectivity index (χ3n) is 5.16. The number of rotatable bonds is 5. The molecule has 1 N–H and O–H groups in total. The minimum atomic E-state index is -0.0318. The van der Waals surface area contributed by atoms with E-state index < -0.39 is 0 Å². The molecular weight excluding hydrogens is 418 g/mol. The first-order chi connectivity index (χ1) is 13.4. The first kappa shape index (κ1) is 20.4. The van der Waals surface area contributed by atoms with Crippen molar-refractivity contribution in [3.05, 3.63) is 64.1 Å².